The van der Waals surface area contributed by atoms with Gasteiger partial charge in [0.25, 0.3) is 11.5 Å². The summed E-state index contributed by atoms with van der Waals surface area (Å²) in [5.41, 5.74) is 0.630. The van der Waals surface area contributed by atoms with E-state index in [1.54, 1.807) is 18.2 Å². The number of halogens is 2. The van der Waals surface area contributed by atoms with E-state index in [9.17, 15) is 18.4 Å². The first kappa shape index (κ1) is 19.3. The van der Waals surface area contributed by atoms with E-state index in [0.29, 0.717) is 28.0 Å². The molecule has 0 fully saturated rings. The Morgan fingerprint density at radius 3 is 2.43 bits per heavy atom. The fraction of sp³-hybridized carbons (Fsp3) is 0.200. The predicted octanol–water partition coefficient (Wildman–Crippen LogP) is 2.80. The summed E-state index contributed by atoms with van der Waals surface area (Å²) in [4.78, 5) is 27.2. The Hall–Kier alpha value is -3.42. The zero-order valence-electron chi connectivity index (χ0n) is 15.3. The molecule has 0 saturated heterocycles. The average Bonchev–Trinajstić information content (AvgIpc) is 2.69. The van der Waals surface area contributed by atoms with Gasteiger partial charge in [0.1, 0.15) is 11.5 Å². The van der Waals surface area contributed by atoms with Crippen molar-refractivity contribution >= 4 is 16.8 Å². The minimum Gasteiger partial charge on any atom is -0.496 e. The van der Waals surface area contributed by atoms with E-state index in [-0.39, 0.29) is 24.1 Å². The van der Waals surface area contributed by atoms with Gasteiger partial charge in [-0.25, -0.2) is 8.78 Å². The van der Waals surface area contributed by atoms with Gasteiger partial charge in [-0.2, -0.15) is 0 Å². The summed E-state index contributed by atoms with van der Waals surface area (Å²) >= 11 is 0. The number of aromatic amines is 1. The lowest BCUT2D eigenvalue weighted by atomic mass is 10.1. The molecule has 0 bridgehead atoms. The van der Waals surface area contributed by atoms with Gasteiger partial charge in [0, 0.05) is 23.1 Å². The third-order valence-electron chi connectivity index (χ3n) is 4.32. The van der Waals surface area contributed by atoms with Gasteiger partial charge < -0.3 is 19.8 Å². The van der Waals surface area contributed by atoms with E-state index >= 15 is 0 Å². The number of rotatable bonds is 6. The Kier molecular flexibility index (Phi) is 5.58. The Labute approximate surface area is 159 Å². The number of methoxy groups -OCH3 is 2. The standard InChI is InChI=1S/C20H18F2N2O4/c1-27-16-5-6-17(28-2)18-13(16)9-12(20(26)24-18)7-8-23-19(25)11-3-4-14(21)15(22)10-11/h3-6,9-10H,7-8H2,1-2H3,(H,23,25)(H,24,26). The second-order valence-electron chi connectivity index (χ2n) is 6.02. The molecule has 1 aromatic heterocycles. The van der Waals surface area contributed by atoms with Crippen molar-refractivity contribution in [1.82, 2.24) is 10.3 Å². The monoisotopic (exact) mass is 388 g/mol. The van der Waals surface area contributed by atoms with Gasteiger partial charge in [0.05, 0.1) is 19.7 Å². The molecule has 28 heavy (non-hydrogen) atoms. The molecule has 3 rings (SSSR count). The number of pyridine rings is 1. The quantitative estimate of drug-likeness (QED) is 0.681. The minimum atomic E-state index is -1.10. The largest absolute Gasteiger partial charge is 0.496 e. The minimum absolute atomic E-state index is 0.00211. The van der Waals surface area contributed by atoms with Gasteiger partial charge in [0.15, 0.2) is 11.6 Å². The van der Waals surface area contributed by atoms with Crippen LogP contribution in [0.2, 0.25) is 0 Å². The smallest absolute Gasteiger partial charge is 0.251 e. The highest BCUT2D eigenvalue weighted by Gasteiger charge is 2.13. The van der Waals surface area contributed by atoms with Crippen LogP contribution in [0.15, 0.2) is 41.2 Å². The van der Waals surface area contributed by atoms with Gasteiger partial charge in [-0.1, -0.05) is 0 Å². The zero-order chi connectivity index (χ0) is 20.3. The van der Waals surface area contributed by atoms with Crippen LogP contribution < -0.4 is 20.3 Å². The third kappa shape index (κ3) is 3.80. The van der Waals surface area contributed by atoms with E-state index < -0.39 is 17.5 Å². The van der Waals surface area contributed by atoms with Gasteiger partial charge in [0.2, 0.25) is 0 Å². The number of aromatic nitrogens is 1. The highest BCUT2D eigenvalue weighted by Crippen LogP contribution is 2.31. The number of carbonyl (C=O) groups is 1. The molecule has 8 heteroatoms. The number of fused-ring (bicyclic) bond motifs is 1. The van der Waals surface area contributed by atoms with Crippen LogP contribution in [0.1, 0.15) is 15.9 Å². The van der Waals surface area contributed by atoms with Crippen LogP contribution in [0.5, 0.6) is 11.5 Å². The van der Waals surface area contributed by atoms with Crippen LogP contribution in [0, 0.1) is 11.6 Å². The highest BCUT2D eigenvalue weighted by molar-refractivity contribution is 5.94. The van der Waals surface area contributed by atoms with Gasteiger partial charge in [-0.3, -0.25) is 9.59 Å². The lowest BCUT2D eigenvalue weighted by molar-refractivity contribution is 0.0953. The SMILES string of the molecule is COc1ccc(OC)c2[nH]c(=O)c(CCNC(=O)c3ccc(F)c(F)c3)cc12. The molecule has 0 radical (unpaired) electrons. The average molecular weight is 388 g/mol. The molecule has 0 spiro atoms. The number of H-pyrrole nitrogens is 1. The van der Waals surface area contributed by atoms with Gasteiger partial charge in [-0.05, 0) is 42.8 Å². The normalized spacial score (nSPS) is 10.7. The maximum absolute atomic E-state index is 13.2. The van der Waals surface area contributed by atoms with E-state index in [1.165, 1.54) is 20.3 Å². The van der Waals surface area contributed by atoms with Crippen molar-refractivity contribution < 1.29 is 23.0 Å². The number of hydrogen-bond donors (Lipinski definition) is 2. The summed E-state index contributed by atoms with van der Waals surface area (Å²) < 4.78 is 36.8. The maximum Gasteiger partial charge on any atom is 0.251 e. The van der Waals surface area contributed by atoms with E-state index in [1.807, 2.05) is 0 Å². The molecule has 146 valence electrons. The summed E-state index contributed by atoms with van der Waals surface area (Å²) in [5, 5.41) is 3.25. The molecule has 2 N–H and O–H groups in total. The fourth-order valence-electron chi connectivity index (χ4n) is 2.87. The third-order valence-corrected chi connectivity index (χ3v) is 4.32. The molecule has 3 aromatic rings. The molecular formula is C20H18F2N2O4. The van der Waals surface area contributed by atoms with Crippen molar-refractivity contribution in [3.05, 3.63) is 69.5 Å². The summed E-state index contributed by atoms with van der Waals surface area (Å²) in [7, 11) is 3.02. The Bertz CT molecular complexity index is 1100. The Morgan fingerprint density at radius 2 is 1.75 bits per heavy atom. The molecule has 1 amide bonds. The van der Waals surface area contributed by atoms with Crippen molar-refractivity contribution in [2.24, 2.45) is 0 Å². The zero-order valence-corrected chi connectivity index (χ0v) is 15.3. The van der Waals surface area contributed by atoms with Gasteiger partial charge in [-0.15, -0.1) is 0 Å². The molecule has 0 aliphatic rings. The van der Waals surface area contributed by atoms with Crippen LogP contribution in [-0.2, 0) is 6.42 Å². The first-order valence-corrected chi connectivity index (χ1v) is 8.44. The van der Waals surface area contributed by atoms with E-state index in [4.69, 9.17) is 9.47 Å². The number of hydrogen-bond acceptors (Lipinski definition) is 4. The molecule has 2 aromatic carbocycles. The van der Waals surface area contributed by atoms with Crippen LogP contribution in [0.25, 0.3) is 10.9 Å². The fourth-order valence-corrected chi connectivity index (χ4v) is 2.87. The molecule has 0 saturated carbocycles. The molecule has 1 heterocycles. The first-order chi connectivity index (χ1) is 13.4. The van der Waals surface area contributed by atoms with Crippen molar-refractivity contribution in [2.75, 3.05) is 20.8 Å². The van der Waals surface area contributed by atoms with E-state index in [2.05, 4.69) is 10.3 Å². The Morgan fingerprint density at radius 1 is 1.04 bits per heavy atom. The van der Waals surface area contributed by atoms with Crippen LogP contribution in [-0.4, -0.2) is 31.7 Å². The molecule has 0 aliphatic carbocycles. The maximum atomic E-state index is 13.2. The topological polar surface area (TPSA) is 80.4 Å². The number of carbonyl (C=O) groups excluding carboxylic acids is 1. The summed E-state index contributed by atoms with van der Waals surface area (Å²) in [6.45, 7) is 0.138. The van der Waals surface area contributed by atoms with E-state index in [0.717, 1.165) is 12.1 Å². The first-order valence-electron chi connectivity index (χ1n) is 8.44. The molecule has 0 atom stereocenters. The summed E-state index contributed by atoms with van der Waals surface area (Å²) in [6.07, 6.45) is 0.237. The molecule has 0 unspecified atom stereocenters. The number of benzene rings is 2. The molecular weight excluding hydrogens is 370 g/mol. The second kappa shape index (κ2) is 8.08. The van der Waals surface area contributed by atoms with Crippen molar-refractivity contribution in [3.63, 3.8) is 0 Å². The highest BCUT2D eigenvalue weighted by atomic mass is 19.2. The summed E-state index contributed by atoms with van der Waals surface area (Å²) in [6, 6.07) is 8.00. The van der Waals surface area contributed by atoms with Crippen molar-refractivity contribution in [2.45, 2.75) is 6.42 Å². The molecule has 0 aliphatic heterocycles. The van der Waals surface area contributed by atoms with Crippen LogP contribution >= 0.6 is 0 Å². The second-order valence-corrected chi connectivity index (χ2v) is 6.02. The Balaban J connectivity index is 1.79. The number of amides is 1. The van der Waals surface area contributed by atoms with Crippen molar-refractivity contribution in [1.29, 1.82) is 0 Å². The summed E-state index contributed by atoms with van der Waals surface area (Å²) in [5.74, 6) is -1.61. The number of nitrogens with one attached hydrogen (secondary N) is 2. The molecule has 6 nitrogen and oxygen atoms in total. The predicted molar refractivity (Wildman–Crippen MR) is 100 cm³/mol. The van der Waals surface area contributed by atoms with Crippen molar-refractivity contribution in [3.8, 4) is 11.5 Å². The number of ether oxygens (including phenoxy) is 2. The lowest BCUT2D eigenvalue weighted by Crippen LogP contribution is -2.27. The lowest BCUT2D eigenvalue weighted by Gasteiger charge is -2.11. The van der Waals surface area contributed by atoms with Gasteiger partial charge >= 0.3 is 0 Å². The van der Waals surface area contributed by atoms with Crippen LogP contribution in [0.4, 0.5) is 8.78 Å². The van der Waals surface area contributed by atoms with Crippen LogP contribution in [0.3, 0.4) is 0 Å².